The summed E-state index contributed by atoms with van der Waals surface area (Å²) in [5, 5.41) is 9.17. The number of sulfone groups is 1. The molecule has 0 aromatic carbocycles. The van der Waals surface area contributed by atoms with Crippen molar-refractivity contribution in [2.24, 2.45) is 0 Å². The van der Waals surface area contributed by atoms with Crippen LogP contribution in [0, 0.1) is 0 Å². The molecule has 2 atom stereocenters. The lowest BCUT2D eigenvalue weighted by atomic mass is 10.0. The minimum absolute atomic E-state index is 0.116. The maximum absolute atomic E-state index is 11.9. The first-order valence-corrected chi connectivity index (χ1v) is 10.5. The van der Waals surface area contributed by atoms with Crippen LogP contribution in [0.4, 0.5) is 0 Å². The first-order valence-electron chi connectivity index (χ1n) is 8.71. The van der Waals surface area contributed by atoms with Gasteiger partial charge in [-0.3, -0.25) is 4.68 Å². The van der Waals surface area contributed by atoms with E-state index in [-0.39, 0.29) is 17.5 Å². The molecule has 0 radical (unpaired) electrons. The average Bonchev–Trinajstić information content (AvgIpc) is 3.23. The fourth-order valence-electron chi connectivity index (χ4n) is 3.81. The average molecular weight is 349 g/mol. The Kier molecular flexibility index (Phi) is 3.74. The molecule has 4 heterocycles. The smallest absolute Gasteiger partial charge is 0.162 e. The van der Waals surface area contributed by atoms with Gasteiger partial charge in [0, 0.05) is 18.2 Å². The minimum Gasteiger partial charge on any atom is -0.266 e. The third-order valence-corrected chi connectivity index (χ3v) is 6.89. The van der Waals surface area contributed by atoms with E-state index >= 15 is 0 Å². The van der Waals surface area contributed by atoms with Crippen molar-refractivity contribution in [3.8, 4) is 11.4 Å². The maximum atomic E-state index is 11.9. The molecule has 0 spiro atoms. The van der Waals surface area contributed by atoms with E-state index in [0.29, 0.717) is 12.5 Å². The zero-order valence-corrected chi connectivity index (χ0v) is 15.0. The summed E-state index contributed by atoms with van der Waals surface area (Å²) >= 11 is 0. The molecule has 2 unspecified atom stereocenters. The number of fused-ring (bicyclic) bond motifs is 1. The van der Waals surface area contributed by atoms with Crippen molar-refractivity contribution in [1.29, 1.82) is 0 Å². The van der Waals surface area contributed by atoms with E-state index in [1.54, 1.807) is 0 Å². The normalized spacial score (nSPS) is 25.8. The summed E-state index contributed by atoms with van der Waals surface area (Å²) in [5.41, 5.74) is 2.21. The molecule has 0 saturated carbocycles. The summed E-state index contributed by atoms with van der Waals surface area (Å²) in [6, 6.07) is 0.283. The second kappa shape index (κ2) is 5.68. The van der Waals surface area contributed by atoms with Crippen LogP contribution < -0.4 is 0 Å². The Morgan fingerprint density at radius 1 is 1.29 bits per heavy atom. The van der Waals surface area contributed by atoms with Crippen molar-refractivity contribution >= 4 is 9.84 Å². The summed E-state index contributed by atoms with van der Waals surface area (Å²) in [4.78, 5) is 4.70. The second-order valence-electron chi connectivity index (χ2n) is 6.90. The molecule has 2 aromatic rings. The van der Waals surface area contributed by atoms with E-state index in [2.05, 4.69) is 21.8 Å². The standard InChI is InChI=1S/C16H23N5O2S/c1-3-15-18-16(21(19-15)12-7-8-24(22,23)10-12)13-9-17-20-11(2)5-4-6-14(13)20/h9,11-12H,3-8,10H2,1-2H3. The summed E-state index contributed by atoms with van der Waals surface area (Å²) in [6.45, 7) is 4.20. The van der Waals surface area contributed by atoms with Gasteiger partial charge in [0.1, 0.15) is 0 Å². The Hall–Kier alpha value is -1.70. The van der Waals surface area contributed by atoms with E-state index in [0.717, 1.165) is 42.9 Å². The van der Waals surface area contributed by atoms with Crippen molar-refractivity contribution in [2.75, 3.05) is 11.5 Å². The van der Waals surface area contributed by atoms with Gasteiger partial charge in [-0.1, -0.05) is 6.92 Å². The topological polar surface area (TPSA) is 82.7 Å². The lowest BCUT2D eigenvalue weighted by Crippen LogP contribution is -2.17. The van der Waals surface area contributed by atoms with Gasteiger partial charge in [-0.25, -0.2) is 18.1 Å². The Bertz CT molecular complexity index is 867. The third kappa shape index (κ3) is 2.56. The Morgan fingerprint density at radius 2 is 2.12 bits per heavy atom. The van der Waals surface area contributed by atoms with Gasteiger partial charge in [-0.15, -0.1) is 0 Å². The van der Waals surface area contributed by atoms with E-state index in [4.69, 9.17) is 4.98 Å². The van der Waals surface area contributed by atoms with Crippen LogP contribution >= 0.6 is 0 Å². The van der Waals surface area contributed by atoms with Crippen LogP contribution in [0.15, 0.2) is 6.20 Å². The monoisotopic (exact) mass is 349 g/mol. The molecule has 4 rings (SSSR count). The molecular formula is C16H23N5O2S. The molecule has 130 valence electrons. The molecule has 2 aliphatic heterocycles. The summed E-state index contributed by atoms with van der Waals surface area (Å²) in [6.07, 6.45) is 6.49. The first-order chi connectivity index (χ1) is 11.5. The zero-order valence-electron chi connectivity index (χ0n) is 14.1. The predicted octanol–water partition coefficient (Wildman–Crippen LogP) is 1.96. The van der Waals surface area contributed by atoms with Crippen molar-refractivity contribution < 1.29 is 8.42 Å². The highest BCUT2D eigenvalue weighted by atomic mass is 32.2. The van der Waals surface area contributed by atoms with Crippen molar-refractivity contribution in [3.63, 3.8) is 0 Å². The number of hydrogen-bond acceptors (Lipinski definition) is 5. The molecule has 0 amide bonds. The Balaban J connectivity index is 1.80. The highest BCUT2D eigenvalue weighted by Gasteiger charge is 2.33. The number of aromatic nitrogens is 5. The van der Waals surface area contributed by atoms with Gasteiger partial charge in [0.2, 0.25) is 0 Å². The molecule has 2 aromatic heterocycles. The van der Waals surface area contributed by atoms with Gasteiger partial charge in [-0.05, 0) is 32.6 Å². The van der Waals surface area contributed by atoms with Gasteiger partial charge >= 0.3 is 0 Å². The highest BCUT2D eigenvalue weighted by molar-refractivity contribution is 7.91. The number of nitrogens with zero attached hydrogens (tertiary/aromatic N) is 5. The molecule has 8 heteroatoms. The number of hydrogen-bond donors (Lipinski definition) is 0. The fraction of sp³-hybridized carbons (Fsp3) is 0.688. The number of rotatable bonds is 3. The van der Waals surface area contributed by atoms with Gasteiger partial charge in [0.15, 0.2) is 21.5 Å². The quantitative estimate of drug-likeness (QED) is 0.846. The van der Waals surface area contributed by atoms with Crippen LogP contribution in [-0.4, -0.2) is 44.5 Å². The summed E-state index contributed by atoms with van der Waals surface area (Å²) in [7, 11) is -2.96. The van der Waals surface area contributed by atoms with E-state index < -0.39 is 9.84 Å². The maximum Gasteiger partial charge on any atom is 0.162 e. The van der Waals surface area contributed by atoms with Crippen LogP contribution in [0.2, 0.25) is 0 Å². The predicted molar refractivity (Wildman–Crippen MR) is 90.6 cm³/mol. The highest BCUT2D eigenvalue weighted by Crippen LogP contribution is 2.34. The molecule has 0 bridgehead atoms. The Morgan fingerprint density at radius 3 is 2.83 bits per heavy atom. The van der Waals surface area contributed by atoms with Crippen molar-refractivity contribution in [1.82, 2.24) is 24.5 Å². The van der Waals surface area contributed by atoms with Gasteiger partial charge < -0.3 is 0 Å². The van der Waals surface area contributed by atoms with E-state index in [1.807, 2.05) is 17.8 Å². The summed E-state index contributed by atoms with van der Waals surface area (Å²) in [5.74, 6) is 1.94. The van der Waals surface area contributed by atoms with Crippen LogP contribution in [0.1, 0.15) is 56.7 Å². The molecule has 24 heavy (non-hydrogen) atoms. The van der Waals surface area contributed by atoms with Gasteiger partial charge in [-0.2, -0.15) is 10.2 Å². The summed E-state index contributed by atoms with van der Waals surface area (Å²) < 4.78 is 27.7. The van der Waals surface area contributed by atoms with E-state index in [1.165, 1.54) is 5.69 Å². The zero-order chi connectivity index (χ0) is 16.9. The van der Waals surface area contributed by atoms with Crippen molar-refractivity contribution in [2.45, 2.75) is 58.0 Å². The lowest BCUT2D eigenvalue weighted by Gasteiger charge is -2.22. The van der Waals surface area contributed by atoms with E-state index in [9.17, 15) is 8.42 Å². The van der Waals surface area contributed by atoms with Crippen LogP contribution in [0.5, 0.6) is 0 Å². The molecule has 0 aliphatic carbocycles. The molecular weight excluding hydrogens is 326 g/mol. The minimum atomic E-state index is -2.96. The Labute approximate surface area is 142 Å². The molecule has 0 N–H and O–H groups in total. The number of aryl methyl sites for hydroxylation is 1. The third-order valence-electron chi connectivity index (χ3n) is 5.14. The lowest BCUT2D eigenvalue weighted by molar-refractivity contribution is 0.393. The van der Waals surface area contributed by atoms with Crippen LogP contribution in [-0.2, 0) is 22.7 Å². The molecule has 2 aliphatic rings. The molecule has 1 saturated heterocycles. The van der Waals surface area contributed by atoms with Crippen LogP contribution in [0.3, 0.4) is 0 Å². The largest absolute Gasteiger partial charge is 0.266 e. The fourth-order valence-corrected chi connectivity index (χ4v) is 5.51. The van der Waals surface area contributed by atoms with Gasteiger partial charge in [0.05, 0.1) is 29.3 Å². The second-order valence-corrected chi connectivity index (χ2v) is 9.13. The molecule has 1 fully saturated rings. The SMILES string of the molecule is CCc1nc(-c2cnn3c2CCCC3C)n(C2CCS(=O)(=O)C2)n1. The molecule has 7 nitrogen and oxygen atoms in total. The van der Waals surface area contributed by atoms with Crippen molar-refractivity contribution in [3.05, 3.63) is 17.7 Å². The van der Waals surface area contributed by atoms with Gasteiger partial charge in [0.25, 0.3) is 0 Å². The van der Waals surface area contributed by atoms with Crippen LogP contribution in [0.25, 0.3) is 11.4 Å². The first kappa shape index (κ1) is 15.8.